The molecule has 3 heterocycles. The highest BCUT2D eigenvalue weighted by molar-refractivity contribution is 7.98. The van der Waals surface area contributed by atoms with Crippen molar-refractivity contribution in [3.63, 3.8) is 0 Å². The Kier molecular flexibility index (Phi) is 11.7. The van der Waals surface area contributed by atoms with Crippen molar-refractivity contribution in [2.24, 2.45) is 0 Å². The number of hydrogen-bond acceptors (Lipinski definition) is 8. The van der Waals surface area contributed by atoms with Crippen LogP contribution in [0.4, 0.5) is 0 Å². The van der Waals surface area contributed by atoms with E-state index in [0.717, 1.165) is 72.7 Å². The van der Waals surface area contributed by atoms with E-state index in [-0.39, 0.29) is 17.4 Å². The fourth-order valence-corrected chi connectivity index (χ4v) is 6.60. The normalized spacial score (nSPS) is 13.1. The highest BCUT2D eigenvalue weighted by Crippen LogP contribution is 2.28. The molecule has 1 aliphatic rings. The molecule has 1 fully saturated rings. The zero-order valence-corrected chi connectivity index (χ0v) is 28.8. The number of nitrogens with zero attached hydrogens (tertiary/aromatic N) is 3. The minimum Gasteiger partial charge on any atom is -0.352 e. The molecule has 50 heavy (non-hydrogen) atoms. The predicted octanol–water partition coefficient (Wildman–Crippen LogP) is 3.64. The Morgan fingerprint density at radius 2 is 1.70 bits per heavy atom. The molecule has 1 saturated heterocycles. The van der Waals surface area contributed by atoms with Gasteiger partial charge in [-0.25, -0.2) is 4.98 Å². The highest BCUT2D eigenvalue weighted by atomic mass is 32.2. The molecule has 3 aromatic carbocycles. The van der Waals surface area contributed by atoms with E-state index in [1.807, 2.05) is 48.7 Å². The van der Waals surface area contributed by atoms with Crippen molar-refractivity contribution in [3.8, 4) is 11.8 Å². The van der Waals surface area contributed by atoms with Crippen LogP contribution in [-0.2, 0) is 12.2 Å². The van der Waals surface area contributed by atoms with Crippen LogP contribution in [0, 0.1) is 18.8 Å². The first-order valence-electron chi connectivity index (χ1n) is 16.8. The zero-order chi connectivity index (χ0) is 34.7. The van der Waals surface area contributed by atoms with Gasteiger partial charge in [-0.05, 0) is 85.5 Å². The maximum Gasteiger partial charge on any atom is 0.258 e. The summed E-state index contributed by atoms with van der Waals surface area (Å²) in [6.45, 7) is 7.68. The summed E-state index contributed by atoms with van der Waals surface area (Å²) >= 11 is 1.60. The summed E-state index contributed by atoms with van der Waals surface area (Å²) in [6, 6.07) is 18.5. The van der Waals surface area contributed by atoms with Crippen molar-refractivity contribution in [1.29, 1.82) is 0 Å². The van der Waals surface area contributed by atoms with Gasteiger partial charge in [-0.15, -0.1) is 11.8 Å². The van der Waals surface area contributed by atoms with Crippen molar-refractivity contribution >= 4 is 34.5 Å². The molecule has 2 aromatic heterocycles. The average Bonchev–Trinajstić information content (AvgIpc) is 3.66. The van der Waals surface area contributed by atoms with E-state index in [1.54, 1.807) is 43.1 Å². The smallest absolute Gasteiger partial charge is 0.258 e. The van der Waals surface area contributed by atoms with Crippen molar-refractivity contribution in [1.82, 2.24) is 41.0 Å². The number of piperazine rings is 1. The van der Waals surface area contributed by atoms with E-state index in [1.165, 1.54) is 0 Å². The monoisotopic (exact) mass is 688 g/mol. The van der Waals surface area contributed by atoms with Crippen LogP contribution < -0.4 is 21.5 Å². The largest absolute Gasteiger partial charge is 0.352 e. The second kappa shape index (κ2) is 16.9. The Balaban J connectivity index is 1.14. The molecule has 0 radical (unpaired) electrons. The van der Waals surface area contributed by atoms with E-state index < -0.39 is 0 Å². The lowest BCUT2D eigenvalue weighted by Crippen LogP contribution is -2.46. The summed E-state index contributed by atoms with van der Waals surface area (Å²) in [4.78, 5) is 48.7. The lowest BCUT2D eigenvalue weighted by atomic mass is 10.1. The fourth-order valence-electron chi connectivity index (χ4n) is 5.67. The first-order chi connectivity index (χ1) is 24.4. The molecule has 5 N–H and O–H groups in total. The van der Waals surface area contributed by atoms with Gasteiger partial charge in [0.25, 0.3) is 17.4 Å². The number of fused-ring (bicyclic) bond motifs is 1. The summed E-state index contributed by atoms with van der Waals surface area (Å²) in [5.41, 5.74) is 5.21. The van der Waals surface area contributed by atoms with Crippen LogP contribution in [0.15, 0.2) is 82.7 Å². The van der Waals surface area contributed by atoms with Crippen LogP contribution in [0.1, 0.15) is 55.2 Å². The highest BCUT2D eigenvalue weighted by Gasteiger charge is 2.12. The molecule has 0 aliphatic carbocycles. The summed E-state index contributed by atoms with van der Waals surface area (Å²) < 4.78 is 0. The van der Waals surface area contributed by atoms with Gasteiger partial charge in [0.05, 0.1) is 17.1 Å². The minimum atomic E-state index is -0.162. The third-order valence-electron chi connectivity index (χ3n) is 8.42. The Morgan fingerprint density at radius 1 is 0.920 bits per heavy atom. The number of rotatable bonds is 12. The van der Waals surface area contributed by atoms with Gasteiger partial charge in [-0.2, -0.15) is 5.10 Å². The number of nitrogens with one attached hydrogen (secondary N) is 5. The number of hydrogen-bond donors (Lipinski definition) is 5. The molecular formula is C38H40N8O3S. The quantitative estimate of drug-likeness (QED) is 0.0759. The summed E-state index contributed by atoms with van der Waals surface area (Å²) in [6.07, 6.45) is 5.26. The maximum absolute atomic E-state index is 13.1. The van der Waals surface area contributed by atoms with Crippen molar-refractivity contribution in [2.45, 2.75) is 30.4 Å². The Labute approximate surface area is 295 Å². The lowest BCUT2D eigenvalue weighted by molar-refractivity contribution is 0.0941. The fraction of sp³-hybridized carbons (Fsp3) is 0.289. The van der Waals surface area contributed by atoms with Gasteiger partial charge in [0.1, 0.15) is 5.82 Å². The van der Waals surface area contributed by atoms with Crippen LogP contribution in [-0.4, -0.2) is 82.7 Å². The van der Waals surface area contributed by atoms with Gasteiger partial charge in [0, 0.05) is 84.9 Å². The summed E-state index contributed by atoms with van der Waals surface area (Å²) in [5, 5.41) is 16.7. The number of H-pyrrole nitrogens is 2. The molecule has 5 aromatic rings. The molecule has 0 spiro atoms. The third kappa shape index (κ3) is 9.47. The standard InChI is InChI=1S/C38H40N8O3S/c1-26-44-34-21-28(7-12-33(34)38(49)45-26)25-50-35-13-11-32(37(48)40-14-2-3-29-23-42-43-24-29)22-31(35)10-6-27-4-8-30(9-5-27)36(47)41-17-20-46-18-15-39-16-19-46/h4-5,7-9,11-13,21-24,39H,2-3,14-20,25H2,1H3,(H,40,48)(H,41,47)(H,42,43)(H,44,45,49). The molecule has 6 rings (SSSR count). The topological polar surface area (TPSA) is 148 Å². The molecule has 0 atom stereocenters. The van der Waals surface area contributed by atoms with Crippen molar-refractivity contribution in [3.05, 3.63) is 123 Å². The van der Waals surface area contributed by atoms with Gasteiger partial charge in [0.15, 0.2) is 0 Å². The number of amides is 2. The van der Waals surface area contributed by atoms with E-state index in [2.05, 4.69) is 52.9 Å². The van der Waals surface area contributed by atoms with E-state index in [0.29, 0.717) is 46.7 Å². The number of aryl methyl sites for hydroxylation is 2. The second-order valence-corrected chi connectivity index (χ2v) is 13.2. The average molecular weight is 689 g/mol. The molecule has 12 heteroatoms. The molecular weight excluding hydrogens is 649 g/mol. The van der Waals surface area contributed by atoms with Crippen LogP contribution >= 0.6 is 11.8 Å². The number of benzene rings is 3. The van der Waals surface area contributed by atoms with E-state index in [4.69, 9.17) is 0 Å². The van der Waals surface area contributed by atoms with Crippen LogP contribution in [0.5, 0.6) is 0 Å². The van der Waals surface area contributed by atoms with Crippen LogP contribution in [0.3, 0.4) is 0 Å². The molecule has 11 nitrogen and oxygen atoms in total. The van der Waals surface area contributed by atoms with Gasteiger partial charge >= 0.3 is 0 Å². The predicted molar refractivity (Wildman–Crippen MR) is 196 cm³/mol. The molecule has 0 bridgehead atoms. The first-order valence-corrected chi connectivity index (χ1v) is 17.8. The Morgan fingerprint density at radius 3 is 2.50 bits per heavy atom. The lowest BCUT2D eigenvalue weighted by Gasteiger charge is -2.27. The number of carbonyl (C=O) groups is 2. The van der Waals surface area contributed by atoms with E-state index in [9.17, 15) is 14.4 Å². The summed E-state index contributed by atoms with van der Waals surface area (Å²) in [7, 11) is 0. The molecule has 2 amide bonds. The number of aromatic amines is 2. The molecule has 1 aliphatic heterocycles. The second-order valence-electron chi connectivity index (χ2n) is 12.1. The summed E-state index contributed by atoms with van der Waals surface area (Å²) in [5.74, 6) is 7.43. The zero-order valence-electron chi connectivity index (χ0n) is 28.0. The van der Waals surface area contributed by atoms with Gasteiger partial charge in [-0.1, -0.05) is 17.9 Å². The SMILES string of the molecule is Cc1nc2cc(CSc3ccc(C(=O)NCCCc4cn[nH]c4)cc3C#Cc3ccc(C(=O)NCCN4CCNCC4)cc3)ccc2c(=O)[nH]1. The van der Waals surface area contributed by atoms with Gasteiger partial charge in [0.2, 0.25) is 0 Å². The number of carbonyl (C=O) groups excluding carboxylic acids is 2. The molecule has 256 valence electrons. The van der Waals surface area contributed by atoms with Gasteiger partial charge in [-0.3, -0.25) is 24.4 Å². The van der Waals surface area contributed by atoms with E-state index >= 15 is 0 Å². The van der Waals surface area contributed by atoms with Crippen LogP contribution in [0.25, 0.3) is 10.9 Å². The number of aromatic nitrogens is 4. The first kappa shape index (κ1) is 34.6. The molecule has 0 unspecified atom stereocenters. The maximum atomic E-state index is 13.1. The third-order valence-corrected chi connectivity index (χ3v) is 9.56. The number of thioether (sulfide) groups is 1. The van der Waals surface area contributed by atoms with Crippen molar-refractivity contribution < 1.29 is 9.59 Å². The minimum absolute atomic E-state index is 0.106. The Hall–Kier alpha value is -5.22. The van der Waals surface area contributed by atoms with Gasteiger partial charge < -0.3 is 20.9 Å². The van der Waals surface area contributed by atoms with Crippen molar-refractivity contribution in [2.75, 3.05) is 45.8 Å². The molecule has 0 saturated carbocycles. The Bertz CT molecular complexity index is 2060. The van der Waals surface area contributed by atoms with Crippen LogP contribution in [0.2, 0.25) is 0 Å².